The SMILES string of the molecule is CSc1ccc(NC(=O)O[C@@H](c2cc(Br)ccc2O)[C@H](CCOC(=O)CS)Oc2ccccc2)cc1. The number of benzene rings is 3. The molecule has 0 radical (unpaired) electrons. The Balaban J connectivity index is 1.89. The molecule has 2 N–H and O–H groups in total. The van der Waals surface area contributed by atoms with E-state index < -0.39 is 24.3 Å². The lowest BCUT2D eigenvalue weighted by atomic mass is 10.0. The van der Waals surface area contributed by atoms with Crippen molar-refractivity contribution >= 4 is 58.1 Å². The molecule has 3 aromatic carbocycles. The molecule has 7 nitrogen and oxygen atoms in total. The number of rotatable bonds is 11. The topological polar surface area (TPSA) is 94.1 Å². The smallest absolute Gasteiger partial charge is 0.412 e. The third kappa shape index (κ3) is 8.39. The summed E-state index contributed by atoms with van der Waals surface area (Å²) in [5, 5.41) is 13.4. The highest BCUT2D eigenvalue weighted by Gasteiger charge is 2.32. The second-order valence-corrected chi connectivity index (χ2v) is 9.63. The molecule has 3 aromatic rings. The van der Waals surface area contributed by atoms with E-state index in [0.717, 1.165) is 4.90 Å². The third-order valence-electron chi connectivity index (χ3n) is 5.03. The van der Waals surface area contributed by atoms with Crippen LogP contribution in [0.4, 0.5) is 10.5 Å². The molecule has 0 spiro atoms. The number of phenols is 1. The number of thiol groups is 1. The van der Waals surface area contributed by atoms with Crippen LogP contribution in [0.2, 0.25) is 0 Å². The van der Waals surface area contributed by atoms with E-state index in [2.05, 4.69) is 33.9 Å². The number of thioether (sulfide) groups is 1. The van der Waals surface area contributed by atoms with Gasteiger partial charge in [-0.1, -0.05) is 34.1 Å². The van der Waals surface area contributed by atoms with Crippen molar-refractivity contribution in [3.05, 3.63) is 82.8 Å². The van der Waals surface area contributed by atoms with Gasteiger partial charge in [0.05, 0.1) is 12.4 Å². The van der Waals surface area contributed by atoms with E-state index in [4.69, 9.17) is 14.2 Å². The van der Waals surface area contributed by atoms with Gasteiger partial charge in [-0.3, -0.25) is 10.1 Å². The average molecular weight is 593 g/mol. The summed E-state index contributed by atoms with van der Waals surface area (Å²) in [5.41, 5.74) is 0.886. The Hall–Kier alpha value is -2.82. The fourth-order valence-corrected chi connectivity index (χ4v) is 4.19. The van der Waals surface area contributed by atoms with Crippen LogP contribution in [-0.4, -0.2) is 41.9 Å². The standard InChI is InChI=1S/C26H26BrNO6S2/c1-36-20-10-8-18(9-11-20)28-26(31)34-25(21-15-17(27)7-12-22(21)29)23(13-14-32-24(30)16-35)33-19-5-3-2-4-6-19/h2-12,15,23,25,29,35H,13-14,16H2,1H3,(H,28,31)/t23-,25-/m0/s1. The Labute approximate surface area is 228 Å². The van der Waals surface area contributed by atoms with Crippen LogP contribution in [-0.2, 0) is 14.3 Å². The van der Waals surface area contributed by atoms with Gasteiger partial charge >= 0.3 is 12.1 Å². The summed E-state index contributed by atoms with van der Waals surface area (Å²) in [6.07, 6.45) is -0.425. The van der Waals surface area contributed by atoms with Crippen molar-refractivity contribution in [1.29, 1.82) is 0 Å². The maximum absolute atomic E-state index is 12.9. The first-order chi connectivity index (χ1) is 17.4. The molecule has 0 fully saturated rings. The number of para-hydroxylation sites is 1. The Bertz CT molecular complexity index is 1150. The summed E-state index contributed by atoms with van der Waals surface area (Å²) in [5.74, 6) is -0.0895. The predicted molar refractivity (Wildman–Crippen MR) is 147 cm³/mol. The van der Waals surface area contributed by atoms with Gasteiger partial charge in [-0.15, -0.1) is 11.8 Å². The fourth-order valence-electron chi connectivity index (χ4n) is 3.31. The van der Waals surface area contributed by atoms with E-state index in [1.165, 1.54) is 6.07 Å². The van der Waals surface area contributed by atoms with E-state index in [9.17, 15) is 14.7 Å². The minimum atomic E-state index is -1.04. The van der Waals surface area contributed by atoms with Gasteiger partial charge in [-0.2, -0.15) is 12.6 Å². The Morgan fingerprint density at radius 2 is 1.81 bits per heavy atom. The Morgan fingerprint density at radius 3 is 2.47 bits per heavy atom. The maximum atomic E-state index is 12.9. The number of nitrogens with one attached hydrogen (secondary N) is 1. The van der Waals surface area contributed by atoms with Crippen LogP contribution in [0.3, 0.4) is 0 Å². The van der Waals surface area contributed by atoms with Gasteiger partial charge in [0.15, 0.2) is 6.10 Å². The molecule has 0 aliphatic heterocycles. The minimum absolute atomic E-state index is 0.00326. The summed E-state index contributed by atoms with van der Waals surface area (Å²) in [4.78, 5) is 25.6. The second kappa shape index (κ2) is 14.1. The normalized spacial score (nSPS) is 12.3. The molecule has 0 heterocycles. The molecule has 0 saturated carbocycles. The summed E-state index contributed by atoms with van der Waals surface area (Å²) in [7, 11) is 0. The van der Waals surface area contributed by atoms with E-state index in [-0.39, 0.29) is 24.5 Å². The monoisotopic (exact) mass is 591 g/mol. The number of hydrogen-bond acceptors (Lipinski definition) is 8. The van der Waals surface area contributed by atoms with Gasteiger partial charge in [0.1, 0.15) is 17.6 Å². The van der Waals surface area contributed by atoms with Gasteiger partial charge < -0.3 is 19.3 Å². The van der Waals surface area contributed by atoms with Gasteiger partial charge in [0, 0.05) is 27.0 Å². The third-order valence-corrected chi connectivity index (χ3v) is 6.52. The zero-order valence-electron chi connectivity index (χ0n) is 19.4. The van der Waals surface area contributed by atoms with Crippen molar-refractivity contribution in [3.8, 4) is 11.5 Å². The van der Waals surface area contributed by atoms with Crippen molar-refractivity contribution < 1.29 is 28.9 Å². The molecule has 0 unspecified atom stereocenters. The van der Waals surface area contributed by atoms with Crippen molar-refractivity contribution in [2.45, 2.75) is 23.5 Å². The van der Waals surface area contributed by atoms with Gasteiger partial charge in [0.25, 0.3) is 0 Å². The number of aromatic hydroxyl groups is 1. The maximum Gasteiger partial charge on any atom is 0.412 e. The number of esters is 1. The zero-order chi connectivity index (χ0) is 25.9. The molecule has 10 heteroatoms. The highest BCUT2D eigenvalue weighted by atomic mass is 79.9. The number of anilines is 1. The molecular weight excluding hydrogens is 566 g/mol. The molecule has 36 heavy (non-hydrogen) atoms. The number of phenolic OH excluding ortho intramolecular Hbond substituents is 1. The lowest BCUT2D eigenvalue weighted by molar-refractivity contribution is -0.141. The van der Waals surface area contributed by atoms with Crippen molar-refractivity contribution in [1.82, 2.24) is 0 Å². The summed E-state index contributed by atoms with van der Waals surface area (Å²) < 4.78 is 17.9. The molecule has 0 aromatic heterocycles. The molecule has 190 valence electrons. The van der Waals surface area contributed by atoms with Crippen LogP contribution in [0, 0.1) is 0 Å². The Kier molecular flexibility index (Phi) is 10.8. The number of hydrogen-bond donors (Lipinski definition) is 3. The van der Waals surface area contributed by atoms with E-state index >= 15 is 0 Å². The number of carbonyl (C=O) groups excluding carboxylic acids is 2. The van der Waals surface area contributed by atoms with E-state index in [1.54, 1.807) is 48.2 Å². The van der Waals surface area contributed by atoms with Gasteiger partial charge in [-0.25, -0.2) is 4.79 Å². The molecular formula is C26H26BrNO6S2. The van der Waals surface area contributed by atoms with Crippen molar-refractivity contribution in [2.75, 3.05) is 23.9 Å². The minimum Gasteiger partial charge on any atom is -0.508 e. The fraction of sp³-hybridized carbons (Fsp3) is 0.231. The van der Waals surface area contributed by atoms with Crippen molar-refractivity contribution in [3.63, 3.8) is 0 Å². The van der Waals surface area contributed by atoms with Gasteiger partial charge in [0.2, 0.25) is 0 Å². The average Bonchev–Trinajstić information content (AvgIpc) is 2.89. The van der Waals surface area contributed by atoms with Crippen molar-refractivity contribution in [2.24, 2.45) is 0 Å². The zero-order valence-corrected chi connectivity index (χ0v) is 22.7. The summed E-state index contributed by atoms with van der Waals surface area (Å²) in [6, 6.07) is 21.1. The highest BCUT2D eigenvalue weighted by Crippen LogP contribution is 2.35. The predicted octanol–water partition coefficient (Wildman–Crippen LogP) is 6.48. The van der Waals surface area contributed by atoms with Crippen LogP contribution < -0.4 is 10.1 Å². The quantitative estimate of drug-likeness (QED) is 0.133. The number of ether oxygens (including phenoxy) is 3. The van der Waals surface area contributed by atoms with Gasteiger partial charge in [-0.05, 0) is 60.9 Å². The molecule has 2 atom stereocenters. The van der Waals surface area contributed by atoms with Crippen LogP contribution >= 0.6 is 40.3 Å². The summed E-state index contributed by atoms with van der Waals surface area (Å²) >= 11 is 8.92. The molecule has 3 rings (SSSR count). The van der Waals surface area contributed by atoms with E-state index in [0.29, 0.717) is 21.5 Å². The second-order valence-electron chi connectivity index (χ2n) is 7.52. The first-order valence-electron chi connectivity index (χ1n) is 11.0. The molecule has 1 amide bonds. The first-order valence-corrected chi connectivity index (χ1v) is 13.6. The number of halogens is 1. The molecule has 0 saturated heterocycles. The number of amides is 1. The van der Waals surface area contributed by atoms with Crippen LogP contribution in [0.15, 0.2) is 82.2 Å². The number of carbonyl (C=O) groups is 2. The molecule has 0 aliphatic rings. The van der Waals surface area contributed by atoms with Crippen LogP contribution in [0.5, 0.6) is 11.5 Å². The van der Waals surface area contributed by atoms with Crippen LogP contribution in [0.25, 0.3) is 0 Å². The van der Waals surface area contributed by atoms with Crippen LogP contribution in [0.1, 0.15) is 18.1 Å². The highest BCUT2D eigenvalue weighted by molar-refractivity contribution is 9.10. The lowest BCUT2D eigenvalue weighted by Crippen LogP contribution is -2.32. The van der Waals surface area contributed by atoms with E-state index in [1.807, 2.05) is 36.6 Å². The molecule has 0 aliphatic carbocycles. The largest absolute Gasteiger partial charge is 0.508 e. The summed E-state index contributed by atoms with van der Waals surface area (Å²) in [6.45, 7) is 0.00326. The first kappa shape index (κ1) is 27.8. The molecule has 0 bridgehead atoms. The Morgan fingerprint density at radius 1 is 1.08 bits per heavy atom. The lowest BCUT2D eigenvalue weighted by Gasteiger charge is -2.29.